The molecule has 2 fully saturated rings. The lowest BCUT2D eigenvalue weighted by Crippen LogP contribution is -2.38. The van der Waals surface area contributed by atoms with Crippen molar-refractivity contribution in [2.75, 3.05) is 7.05 Å². The van der Waals surface area contributed by atoms with Crippen molar-refractivity contribution in [2.45, 2.75) is 58.4 Å². The van der Waals surface area contributed by atoms with E-state index in [-0.39, 0.29) is 0 Å². The number of hydrogen-bond donors (Lipinski definition) is 1. The predicted octanol–water partition coefficient (Wildman–Crippen LogP) is 3.45. The van der Waals surface area contributed by atoms with Gasteiger partial charge in [0.05, 0.1) is 0 Å². The van der Waals surface area contributed by atoms with Crippen LogP contribution in [-0.2, 0) is 0 Å². The Morgan fingerprint density at radius 3 is 2.53 bits per heavy atom. The minimum Gasteiger partial charge on any atom is -0.316 e. The van der Waals surface area contributed by atoms with Gasteiger partial charge in [-0.3, -0.25) is 0 Å². The first-order valence-corrected chi connectivity index (χ1v) is 6.93. The molecule has 0 spiro atoms. The molecule has 0 aromatic carbocycles. The van der Waals surface area contributed by atoms with Crippen LogP contribution >= 0.6 is 0 Å². The molecular weight excluding hydrogens is 182 g/mol. The molecule has 0 saturated heterocycles. The number of nitrogens with one attached hydrogen (secondary N) is 1. The average Bonchev–Trinajstić information content (AvgIpc) is 2.97. The van der Waals surface area contributed by atoms with Crippen LogP contribution in [0.25, 0.3) is 0 Å². The molecule has 0 amide bonds. The fourth-order valence-electron chi connectivity index (χ4n) is 3.68. The highest BCUT2D eigenvalue weighted by Crippen LogP contribution is 2.46. The zero-order chi connectivity index (χ0) is 10.8. The van der Waals surface area contributed by atoms with Gasteiger partial charge in [0.15, 0.2) is 0 Å². The zero-order valence-corrected chi connectivity index (χ0v) is 10.6. The van der Waals surface area contributed by atoms with E-state index in [0.717, 1.165) is 29.7 Å². The molecule has 5 unspecified atom stereocenters. The van der Waals surface area contributed by atoms with Crippen molar-refractivity contribution in [1.29, 1.82) is 0 Å². The SMILES string of the molecule is CCC1CCCC(C(NC)C2CC2C)C1. The van der Waals surface area contributed by atoms with Crippen LogP contribution in [0.15, 0.2) is 0 Å². The first-order valence-electron chi connectivity index (χ1n) is 6.93. The number of hydrogen-bond acceptors (Lipinski definition) is 1. The minimum atomic E-state index is 0.828. The molecule has 0 aliphatic heterocycles. The van der Waals surface area contributed by atoms with Crippen molar-refractivity contribution in [3.05, 3.63) is 0 Å². The molecule has 1 N–H and O–H groups in total. The molecular formula is C14H27N. The third-order valence-corrected chi connectivity index (χ3v) is 4.87. The van der Waals surface area contributed by atoms with E-state index in [4.69, 9.17) is 0 Å². The normalized spacial score (nSPS) is 42.6. The Bertz CT molecular complexity index is 202. The smallest absolute Gasteiger partial charge is 0.0123 e. The van der Waals surface area contributed by atoms with Crippen molar-refractivity contribution in [3.63, 3.8) is 0 Å². The molecule has 0 radical (unpaired) electrons. The van der Waals surface area contributed by atoms with Gasteiger partial charge in [0.1, 0.15) is 0 Å². The van der Waals surface area contributed by atoms with Gasteiger partial charge in [-0.05, 0) is 50.0 Å². The van der Waals surface area contributed by atoms with Crippen molar-refractivity contribution >= 4 is 0 Å². The van der Waals surface area contributed by atoms with Crippen LogP contribution in [0.5, 0.6) is 0 Å². The fourth-order valence-corrected chi connectivity index (χ4v) is 3.68. The van der Waals surface area contributed by atoms with E-state index >= 15 is 0 Å². The van der Waals surface area contributed by atoms with Crippen molar-refractivity contribution in [1.82, 2.24) is 5.32 Å². The Labute approximate surface area is 95.0 Å². The van der Waals surface area contributed by atoms with Gasteiger partial charge >= 0.3 is 0 Å². The van der Waals surface area contributed by atoms with Crippen LogP contribution in [0.2, 0.25) is 0 Å². The molecule has 2 aliphatic rings. The van der Waals surface area contributed by atoms with Crippen LogP contribution in [-0.4, -0.2) is 13.1 Å². The lowest BCUT2D eigenvalue weighted by Gasteiger charge is -2.34. The van der Waals surface area contributed by atoms with Gasteiger partial charge in [-0.1, -0.05) is 33.1 Å². The van der Waals surface area contributed by atoms with Crippen LogP contribution in [0.3, 0.4) is 0 Å². The van der Waals surface area contributed by atoms with Gasteiger partial charge in [-0.15, -0.1) is 0 Å². The van der Waals surface area contributed by atoms with E-state index in [1.54, 1.807) is 0 Å². The molecule has 15 heavy (non-hydrogen) atoms. The second-order valence-electron chi connectivity index (χ2n) is 5.89. The molecule has 88 valence electrons. The molecule has 1 heteroatoms. The fraction of sp³-hybridized carbons (Fsp3) is 1.00. The Balaban J connectivity index is 1.89. The molecule has 0 bridgehead atoms. The Kier molecular flexibility index (Phi) is 3.71. The molecule has 2 saturated carbocycles. The van der Waals surface area contributed by atoms with E-state index in [0.29, 0.717) is 0 Å². The van der Waals surface area contributed by atoms with Gasteiger partial charge < -0.3 is 5.32 Å². The average molecular weight is 209 g/mol. The molecule has 2 rings (SSSR count). The Morgan fingerprint density at radius 1 is 1.27 bits per heavy atom. The summed E-state index contributed by atoms with van der Waals surface area (Å²) in [5.41, 5.74) is 0. The van der Waals surface area contributed by atoms with Crippen LogP contribution in [0.4, 0.5) is 0 Å². The summed E-state index contributed by atoms with van der Waals surface area (Å²) in [6.45, 7) is 4.77. The summed E-state index contributed by atoms with van der Waals surface area (Å²) < 4.78 is 0. The van der Waals surface area contributed by atoms with E-state index in [9.17, 15) is 0 Å². The second kappa shape index (κ2) is 4.86. The third kappa shape index (κ3) is 2.55. The van der Waals surface area contributed by atoms with Gasteiger partial charge in [0.2, 0.25) is 0 Å². The van der Waals surface area contributed by atoms with E-state index in [2.05, 4.69) is 26.2 Å². The van der Waals surface area contributed by atoms with Crippen LogP contribution < -0.4 is 5.32 Å². The Hall–Kier alpha value is -0.0400. The first kappa shape index (κ1) is 11.4. The van der Waals surface area contributed by atoms with E-state index < -0.39 is 0 Å². The lowest BCUT2D eigenvalue weighted by molar-refractivity contribution is 0.197. The number of rotatable bonds is 4. The standard InChI is InChI=1S/C14H27N/c1-4-11-6-5-7-12(9-11)14(15-3)13-8-10(13)2/h10-15H,4-9H2,1-3H3. The minimum absolute atomic E-state index is 0.828. The summed E-state index contributed by atoms with van der Waals surface area (Å²) in [5, 5.41) is 3.61. The lowest BCUT2D eigenvalue weighted by atomic mass is 9.75. The molecule has 1 nitrogen and oxygen atoms in total. The molecule has 2 aliphatic carbocycles. The summed E-state index contributed by atoms with van der Waals surface area (Å²) >= 11 is 0. The highest BCUT2D eigenvalue weighted by molar-refractivity contribution is 4.96. The van der Waals surface area contributed by atoms with Crippen molar-refractivity contribution in [3.8, 4) is 0 Å². The summed E-state index contributed by atoms with van der Waals surface area (Å²) in [5.74, 6) is 3.98. The van der Waals surface area contributed by atoms with Gasteiger partial charge in [0.25, 0.3) is 0 Å². The van der Waals surface area contributed by atoms with E-state index in [1.807, 2.05) is 0 Å². The molecule has 5 atom stereocenters. The maximum Gasteiger partial charge on any atom is 0.0123 e. The molecule has 0 heterocycles. The third-order valence-electron chi connectivity index (χ3n) is 4.87. The summed E-state index contributed by atoms with van der Waals surface area (Å²) in [7, 11) is 2.17. The van der Waals surface area contributed by atoms with Crippen LogP contribution in [0, 0.1) is 23.7 Å². The maximum absolute atomic E-state index is 3.61. The molecule has 0 aromatic heterocycles. The predicted molar refractivity (Wildman–Crippen MR) is 65.9 cm³/mol. The monoisotopic (exact) mass is 209 g/mol. The van der Waals surface area contributed by atoms with E-state index in [1.165, 1.54) is 38.5 Å². The van der Waals surface area contributed by atoms with Crippen LogP contribution in [0.1, 0.15) is 52.4 Å². The summed E-state index contributed by atoms with van der Waals surface area (Å²) in [6, 6.07) is 0.828. The quantitative estimate of drug-likeness (QED) is 0.748. The Morgan fingerprint density at radius 2 is 2.00 bits per heavy atom. The second-order valence-corrected chi connectivity index (χ2v) is 5.89. The highest BCUT2D eigenvalue weighted by Gasteiger charge is 2.42. The van der Waals surface area contributed by atoms with Crippen molar-refractivity contribution in [2.24, 2.45) is 23.7 Å². The maximum atomic E-state index is 3.61. The van der Waals surface area contributed by atoms with Crippen molar-refractivity contribution < 1.29 is 0 Å². The van der Waals surface area contributed by atoms with Gasteiger partial charge in [-0.25, -0.2) is 0 Å². The topological polar surface area (TPSA) is 12.0 Å². The van der Waals surface area contributed by atoms with Gasteiger partial charge in [0, 0.05) is 6.04 Å². The first-order chi connectivity index (χ1) is 7.26. The molecule has 0 aromatic rings. The zero-order valence-electron chi connectivity index (χ0n) is 10.6. The largest absolute Gasteiger partial charge is 0.316 e. The highest BCUT2D eigenvalue weighted by atomic mass is 14.9. The van der Waals surface area contributed by atoms with Gasteiger partial charge in [-0.2, -0.15) is 0 Å². The summed E-state index contributed by atoms with van der Waals surface area (Å²) in [4.78, 5) is 0. The summed E-state index contributed by atoms with van der Waals surface area (Å²) in [6.07, 6.45) is 8.80.